The van der Waals surface area contributed by atoms with Gasteiger partial charge in [0.2, 0.25) is 0 Å². The van der Waals surface area contributed by atoms with E-state index in [0.717, 1.165) is 18.7 Å². The Bertz CT molecular complexity index is 201. The minimum atomic E-state index is -0.607. The van der Waals surface area contributed by atoms with Gasteiger partial charge in [0, 0.05) is 19.0 Å². The molecule has 0 radical (unpaired) electrons. The molecule has 3 N–H and O–H groups in total. The van der Waals surface area contributed by atoms with Gasteiger partial charge in [-0.2, -0.15) is 5.10 Å². The highest BCUT2D eigenvalue weighted by molar-refractivity contribution is 5.89. The number of primary amides is 1. The fraction of sp³-hybridized carbons (Fsp3) is 0.714. The summed E-state index contributed by atoms with van der Waals surface area (Å²) in [6, 6.07) is -0.108. The number of amides is 2. The fourth-order valence-electron chi connectivity index (χ4n) is 1.22. The summed E-state index contributed by atoms with van der Waals surface area (Å²) in [7, 11) is 2.03. The third kappa shape index (κ3) is 2.20. The largest absolute Gasteiger partial charge is 0.350 e. The molecule has 68 valence electrons. The van der Waals surface area contributed by atoms with Crippen molar-refractivity contribution in [2.45, 2.75) is 19.4 Å². The number of carbonyl (C=O) groups excluding carboxylic acids is 1. The third-order valence-corrected chi connectivity index (χ3v) is 2.04. The molecule has 5 nitrogen and oxygen atoms in total. The van der Waals surface area contributed by atoms with E-state index < -0.39 is 6.03 Å². The number of hydrazone groups is 1. The quantitative estimate of drug-likeness (QED) is 0.532. The van der Waals surface area contributed by atoms with Crippen LogP contribution in [0.5, 0.6) is 0 Å². The standard InChI is InChI=1S/C7H14N4O/c1-5-3-6(4-11(5)2)9-10-7(8)12/h5H,3-4H2,1-2H3,(H3,8,10,12). The molecule has 0 saturated carbocycles. The zero-order chi connectivity index (χ0) is 9.14. The molecule has 0 bridgehead atoms. The number of likely N-dealkylation sites (tertiary alicyclic amines) is 1. The molecule has 1 heterocycles. The van der Waals surface area contributed by atoms with E-state index in [4.69, 9.17) is 5.73 Å². The smallest absolute Gasteiger partial charge is 0.332 e. The normalized spacial score (nSPS) is 27.8. The Morgan fingerprint density at radius 3 is 2.92 bits per heavy atom. The summed E-state index contributed by atoms with van der Waals surface area (Å²) >= 11 is 0. The molecule has 1 fully saturated rings. The van der Waals surface area contributed by atoms with Gasteiger partial charge in [0.25, 0.3) is 0 Å². The van der Waals surface area contributed by atoms with E-state index in [1.807, 2.05) is 7.05 Å². The van der Waals surface area contributed by atoms with Crippen molar-refractivity contribution in [2.24, 2.45) is 10.8 Å². The van der Waals surface area contributed by atoms with Gasteiger partial charge >= 0.3 is 6.03 Å². The Balaban J connectivity index is 2.45. The van der Waals surface area contributed by atoms with Crippen LogP contribution in [-0.2, 0) is 0 Å². The maximum atomic E-state index is 10.3. The lowest BCUT2D eigenvalue weighted by molar-refractivity contribution is 0.249. The number of urea groups is 1. The second-order valence-corrected chi connectivity index (χ2v) is 3.12. The van der Waals surface area contributed by atoms with E-state index >= 15 is 0 Å². The minimum Gasteiger partial charge on any atom is -0.350 e. The number of rotatable bonds is 1. The number of hydrogen-bond donors (Lipinski definition) is 2. The molecule has 1 atom stereocenters. The summed E-state index contributed by atoms with van der Waals surface area (Å²) in [4.78, 5) is 12.5. The number of carbonyl (C=O) groups is 1. The van der Waals surface area contributed by atoms with Crippen molar-refractivity contribution < 1.29 is 4.79 Å². The molecule has 1 saturated heterocycles. The Labute approximate surface area is 71.6 Å². The van der Waals surface area contributed by atoms with Crippen molar-refractivity contribution in [1.29, 1.82) is 0 Å². The average molecular weight is 170 g/mol. The van der Waals surface area contributed by atoms with Crippen molar-refractivity contribution in [3.05, 3.63) is 0 Å². The van der Waals surface area contributed by atoms with E-state index in [2.05, 4.69) is 22.4 Å². The zero-order valence-electron chi connectivity index (χ0n) is 7.37. The van der Waals surface area contributed by atoms with Crippen LogP contribution in [0.25, 0.3) is 0 Å². The monoisotopic (exact) mass is 170 g/mol. The first-order chi connectivity index (χ1) is 5.59. The van der Waals surface area contributed by atoms with Gasteiger partial charge in [0.05, 0.1) is 5.71 Å². The van der Waals surface area contributed by atoms with Crippen LogP contribution in [0.15, 0.2) is 5.10 Å². The van der Waals surface area contributed by atoms with Crippen LogP contribution in [0, 0.1) is 0 Å². The van der Waals surface area contributed by atoms with Gasteiger partial charge in [-0.05, 0) is 14.0 Å². The fourth-order valence-corrected chi connectivity index (χ4v) is 1.22. The number of nitrogens with zero attached hydrogens (tertiary/aromatic N) is 2. The molecule has 2 amide bonds. The molecular formula is C7H14N4O. The number of hydrogen-bond acceptors (Lipinski definition) is 3. The summed E-state index contributed by atoms with van der Waals surface area (Å²) in [5, 5.41) is 3.87. The van der Waals surface area contributed by atoms with E-state index in [0.29, 0.717) is 6.04 Å². The number of nitrogens with one attached hydrogen (secondary N) is 1. The predicted molar refractivity (Wildman–Crippen MR) is 46.9 cm³/mol. The van der Waals surface area contributed by atoms with Gasteiger partial charge in [-0.15, -0.1) is 0 Å². The Kier molecular flexibility index (Phi) is 2.65. The van der Waals surface area contributed by atoms with Crippen LogP contribution in [0.3, 0.4) is 0 Å². The second kappa shape index (κ2) is 3.53. The maximum Gasteiger partial charge on any atom is 0.332 e. The summed E-state index contributed by atoms with van der Waals surface area (Å²) in [5.41, 5.74) is 8.07. The van der Waals surface area contributed by atoms with E-state index in [9.17, 15) is 4.79 Å². The molecule has 1 rings (SSSR count). The summed E-state index contributed by atoms with van der Waals surface area (Å²) in [5.74, 6) is 0. The second-order valence-electron chi connectivity index (χ2n) is 3.12. The molecule has 1 unspecified atom stereocenters. The Morgan fingerprint density at radius 2 is 2.50 bits per heavy atom. The minimum absolute atomic E-state index is 0.499. The van der Waals surface area contributed by atoms with Gasteiger partial charge in [0.1, 0.15) is 0 Å². The summed E-state index contributed by atoms with van der Waals surface area (Å²) in [6.45, 7) is 2.92. The average Bonchev–Trinajstić information content (AvgIpc) is 2.28. The molecule has 0 aliphatic carbocycles. The van der Waals surface area contributed by atoms with Crippen LogP contribution in [0.1, 0.15) is 13.3 Å². The van der Waals surface area contributed by atoms with Crippen LogP contribution < -0.4 is 11.2 Å². The van der Waals surface area contributed by atoms with Crippen molar-refractivity contribution in [3.8, 4) is 0 Å². The zero-order valence-corrected chi connectivity index (χ0v) is 7.37. The first kappa shape index (κ1) is 8.99. The van der Waals surface area contributed by atoms with Crippen LogP contribution in [-0.4, -0.2) is 36.3 Å². The molecule has 0 spiro atoms. The van der Waals surface area contributed by atoms with E-state index in [-0.39, 0.29) is 0 Å². The van der Waals surface area contributed by atoms with Crippen molar-refractivity contribution in [1.82, 2.24) is 10.3 Å². The summed E-state index contributed by atoms with van der Waals surface area (Å²) < 4.78 is 0. The van der Waals surface area contributed by atoms with Crippen LogP contribution in [0.2, 0.25) is 0 Å². The molecule has 1 aliphatic rings. The lowest BCUT2D eigenvalue weighted by Gasteiger charge is -2.11. The van der Waals surface area contributed by atoms with Crippen LogP contribution in [0.4, 0.5) is 4.79 Å². The molecule has 5 heteroatoms. The van der Waals surface area contributed by atoms with Gasteiger partial charge < -0.3 is 5.73 Å². The Morgan fingerprint density at radius 1 is 1.83 bits per heavy atom. The van der Waals surface area contributed by atoms with Gasteiger partial charge in [-0.25, -0.2) is 10.2 Å². The topological polar surface area (TPSA) is 70.7 Å². The van der Waals surface area contributed by atoms with Gasteiger partial charge in [0.15, 0.2) is 0 Å². The molecular weight excluding hydrogens is 156 g/mol. The third-order valence-electron chi connectivity index (χ3n) is 2.04. The first-order valence-electron chi connectivity index (χ1n) is 3.90. The van der Waals surface area contributed by atoms with Gasteiger partial charge in [-0.1, -0.05) is 0 Å². The highest BCUT2D eigenvalue weighted by Gasteiger charge is 2.21. The molecule has 0 aromatic rings. The molecule has 0 aromatic heterocycles. The highest BCUT2D eigenvalue weighted by atomic mass is 16.2. The number of nitrogens with two attached hydrogens (primary N) is 1. The molecule has 1 aliphatic heterocycles. The van der Waals surface area contributed by atoms with Crippen LogP contribution >= 0.6 is 0 Å². The Hall–Kier alpha value is -1.10. The summed E-state index contributed by atoms with van der Waals surface area (Å²) in [6.07, 6.45) is 0.900. The lowest BCUT2D eigenvalue weighted by Crippen LogP contribution is -2.26. The van der Waals surface area contributed by atoms with Crippen molar-refractivity contribution in [2.75, 3.05) is 13.6 Å². The van der Waals surface area contributed by atoms with E-state index in [1.54, 1.807) is 0 Å². The maximum absolute atomic E-state index is 10.3. The van der Waals surface area contributed by atoms with Crippen molar-refractivity contribution in [3.63, 3.8) is 0 Å². The van der Waals surface area contributed by atoms with Crippen molar-refractivity contribution >= 4 is 11.7 Å². The van der Waals surface area contributed by atoms with E-state index in [1.165, 1.54) is 0 Å². The predicted octanol–water partition coefficient (Wildman–Crippen LogP) is -0.265. The first-order valence-corrected chi connectivity index (χ1v) is 3.90. The van der Waals surface area contributed by atoms with Gasteiger partial charge in [-0.3, -0.25) is 4.90 Å². The highest BCUT2D eigenvalue weighted by Crippen LogP contribution is 2.11. The molecule has 12 heavy (non-hydrogen) atoms. The SMILES string of the molecule is CC1CC(=NNC(N)=O)CN1C. The lowest BCUT2D eigenvalue weighted by atomic mass is 10.2. The molecule has 0 aromatic carbocycles.